The van der Waals surface area contributed by atoms with Gasteiger partial charge in [0.25, 0.3) is 0 Å². The van der Waals surface area contributed by atoms with E-state index in [0.717, 1.165) is 17.2 Å². The smallest absolute Gasteiger partial charge is 0.337 e. The van der Waals surface area contributed by atoms with Crippen LogP contribution < -0.4 is 0 Å². The maximum atomic E-state index is 11.3. The van der Waals surface area contributed by atoms with E-state index in [1.165, 1.54) is 7.11 Å². The van der Waals surface area contributed by atoms with Crippen molar-refractivity contribution < 1.29 is 19.4 Å². The highest BCUT2D eigenvalue weighted by molar-refractivity contribution is 5.89. The third kappa shape index (κ3) is 4.10. The van der Waals surface area contributed by atoms with Gasteiger partial charge in [0, 0.05) is 6.08 Å². The second-order valence-electron chi connectivity index (χ2n) is 3.70. The highest BCUT2D eigenvalue weighted by atomic mass is 16.5. The average molecular weight is 234 g/mol. The van der Waals surface area contributed by atoms with Gasteiger partial charge in [-0.1, -0.05) is 17.7 Å². The molecule has 17 heavy (non-hydrogen) atoms. The molecule has 0 unspecified atom stereocenters. The molecule has 0 fully saturated rings. The minimum absolute atomic E-state index is 0.397. The Morgan fingerprint density at radius 1 is 1.41 bits per heavy atom. The first-order chi connectivity index (χ1) is 8.02. The summed E-state index contributed by atoms with van der Waals surface area (Å²) < 4.78 is 4.61. The van der Waals surface area contributed by atoms with Crippen molar-refractivity contribution in [1.82, 2.24) is 0 Å². The van der Waals surface area contributed by atoms with Gasteiger partial charge in [0.2, 0.25) is 0 Å². The fourth-order valence-electron chi connectivity index (χ4n) is 1.51. The van der Waals surface area contributed by atoms with E-state index < -0.39 is 11.9 Å². The van der Waals surface area contributed by atoms with Gasteiger partial charge in [0.1, 0.15) is 0 Å². The first-order valence-corrected chi connectivity index (χ1v) is 5.10. The van der Waals surface area contributed by atoms with E-state index in [-0.39, 0.29) is 0 Å². The summed E-state index contributed by atoms with van der Waals surface area (Å²) in [6.07, 6.45) is 1.65. The molecule has 0 radical (unpaired) electrons. The van der Waals surface area contributed by atoms with Crippen molar-refractivity contribution in [3.63, 3.8) is 0 Å². The van der Waals surface area contributed by atoms with E-state index in [4.69, 9.17) is 5.11 Å². The first-order valence-electron chi connectivity index (χ1n) is 5.10. The molecule has 4 heteroatoms. The first kappa shape index (κ1) is 13.0. The molecule has 0 atom stereocenters. The Kier molecular flexibility index (Phi) is 4.46. The van der Waals surface area contributed by atoms with Crippen LogP contribution >= 0.6 is 0 Å². The number of hydrogen-bond donors (Lipinski definition) is 1. The molecule has 0 saturated carbocycles. The molecule has 0 aliphatic rings. The van der Waals surface area contributed by atoms with Crippen LogP contribution in [0.5, 0.6) is 0 Å². The molecule has 90 valence electrons. The molecule has 1 aromatic carbocycles. The van der Waals surface area contributed by atoms with Crippen LogP contribution in [-0.4, -0.2) is 24.2 Å². The number of carbonyl (C=O) groups is 2. The zero-order valence-corrected chi connectivity index (χ0v) is 9.77. The van der Waals surface area contributed by atoms with Crippen LogP contribution in [0, 0.1) is 0 Å². The lowest BCUT2D eigenvalue weighted by Crippen LogP contribution is -2.02. The van der Waals surface area contributed by atoms with Gasteiger partial charge in [-0.3, -0.25) is 0 Å². The maximum Gasteiger partial charge on any atom is 0.337 e. The predicted molar refractivity (Wildman–Crippen MR) is 62.9 cm³/mol. The highest BCUT2D eigenvalue weighted by Crippen LogP contribution is 2.11. The van der Waals surface area contributed by atoms with Gasteiger partial charge in [-0.2, -0.15) is 0 Å². The summed E-state index contributed by atoms with van der Waals surface area (Å²) in [5.74, 6) is -1.36. The number of rotatable bonds is 4. The summed E-state index contributed by atoms with van der Waals surface area (Å²) in [5.41, 5.74) is 2.07. The number of ether oxygens (including phenoxy) is 1. The molecule has 0 saturated heterocycles. The Morgan fingerprint density at radius 3 is 2.71 bits per heavy atom. The Labute approximate surface area is 99.5 Å². The molecule has 1 aromatic rings. The Morgan fingerprint density at radius 2 is 2.12 bits per heavy atom. The fourth-order valence-corrected chi connectivity index (χ4v) is 1.51. The summed E-state index contributed by atoms with van der Waals surface area (Å²) in [5, 5.41) is 8.59. The number of allylic oxidation sites excluding steroid dienone is 1. The number of carboxylic acids is 1. The van der Waals surface area contributed by atoms with E-state index in [2.05, 4.69) is 4.74 Å². The zero-order valence-electron chi connectivity index (χ0n) is 9.77. The van der Waals surface area contributed by atoms with Crippen molar-refractivity contribution in [3.05, 3.63) is 47.0 Å². The van der Waals surface area contributed by atoms with Crippen LogP contribution in [0.1, 0.15) is 22.8 Å². The lowest BCUT2D eigenvalue weighted by molar-refractivity contribution is -0.131. The average Bonchev–Trinajstić information content (AvgIpc) is 2.27. The summed E-state index contributed by atoms with van der Waals surface area (Å²) in [6, 6.07) is 6.94. The molecule has 1 rings (SSSR count). The van der Waals surface area contributed by atoms with Crippen LogP contribution in [0.4, 0.5) is 0 Å². The molecular weight excluding hydrogens is 220 g/mol. The molecule has 0 bridgehead atoms. The minimum atomic E-state index is -0.966. The Bertz CT molecular complexity index is 460. The van der Waals surface area contributed by atoms with Gasteiger partial charge >= 0.3 is 11.9 Å². The van der Waals surface area contributed by atoms with Gasteiger partial charge in [-0.25, -0.2) is 9.59 Å². The summed E-state index contributed by atoms with van der Waals surface area (Å²) >= 11 is 0. The van der Waals surface area contributed by atoms with Crippen molar-refractivity contribution >= 4 is 11.9 Å². The standard InChI is InChI=1S/C13H14O4/c1-9(7-12(14)15)6-10-4-3-5-11(8-10)13(16)17-2/h3-5,7-8H,6H2,1-2H3,(H,14,15). The highest BCUT2D eigenvalue weighted by Gasteiger charge is 2.06. The lowest BCUT2D eigenvalue weighted by atomic mass is 10.0. The van der Waals surface area contributed by atoms with E-state index in [9.17, 15) is 9.59 Å². The van der Waals surface area contributed by atoms with Gasteiger partial charge in [-0.15, -0.1) is 0 Å². The van der Waals surface area contributed by atoms with Gasteiger partial charge in [0.15, 0.2) is 0 Å². The van der Waals surface area contributed by atoms with Crippen molar-refractivity contribution in [1.29, 1.82) is 0 Å². The number of aliphatic carboxylic acids is 1. The van der Waals surface area contributed by atoms with Crippen LogP contribution in [0.3, 0.4) is 0 Å². The Hall–Kier alpha value is -2.10. The van der Waals surface area contributed by atoms with Crippen LogP contribution in [0.15, 0.2) is 35.9 Å². The second kappa shape index (κ2) is 5.84. The summed E-state index contributed by atoms with van der Waals surface area (Å²) in [4.78, 5) is 21.8. The second-order valence-corrected chi connectivity index (χ2v) is 3.70. The maximum absolute atomic E-state index is 11.3. The van der Waals surface area contributed by atoms with E-state index in [1.807, 2.05) is 6.07 Å². The molecule has 0 aliphatic heterocycles. The number of hydrogen-bond acceptors (Lipinski definition) is 3. The largest absolute Gasteiger partial charge is 0.478 e. The van der Waals surface area contributed by atoms with Gasteiger partial charge in [-0.05, 0) is 31.0 Å². The van der Waals surface area contributed by atoms with Crippen LogP contribution in [0.2, 0.25) is 0 Å². The number of methoxy groups -OCH3 is 1. The zero-order chi connectivity index (χ0) is 12.8. The molecule has 4 nitrogen and oxygen atoms in total. The Balaban J connectivity index is 2.86. The molecule has 1 N–H and O–H groups in total. The third-order valence-electron chi connectivity index (χ3n) is 2.20. The SMILES string of the molecule is COC(=O)c1cccc(CC(C)=CC(=O)O)c1. The van der Waals surface area contributed by atoms with E-state index in [0.29, 0.717) is 12.0 Å². The number of carbonyl (C=O) groups excluding carboxylic acids is 1. The molecule has 0 heterocycles. The number of benzene rings is 1. The summed E-state index contributed by atoms with van der Waals surface area (Å²) in [7, 11) is 1.32. The quantitative estimate of drug-likeness (QED) is 0.639. The number of esters is 1. The predicted octanol–water partition coefficient (Wildman–Crippen LogP) is 2.05. The van der Waals surface area contributed by atoms with Crippen LogP contribution in [0.25, 0.3) is 0 Å². The van der Waals surface area contributed by atoms with Gasteiger partial charge in [0.05, 0.1) is 12.7 Å². The third-order valence-corrected chi connectivity index (χ3v) is 2.20. The van der Waals surface area contributed by atoms with Gasteiger partial charge < -0.3 is 9.84 Å². The normalized spacial score (nSPS) is 11.1. The monoisotopic (exact) mass is 234 g/mol. The lowest BCUT2D eigenvalue weighted by Gasteiger charge is -2.04. The molecule has 0 spiro atoms. The van der Waals surface area contributed by atoms with Crippen LogP contribution in [-0.2, 0) is 16.0 Å². The van der Waals surface area contributed by atoms with Crippen molar-refractivity contribution in [3.8, 4) is 0 Å². The number of carboxylic acid groups (broad SMARTS) is 1. The molecule has 0 amide bonds. The van der Waals surface area contributed by atoms with E-state index in [1.54, 1.807) is 25.1 Å². The van der Waals surface area contributed by atoms with E-state index >= 15 is 0 Å². The molecular formula is C13H14O4. The van der Waals surface area contributed by atoms with Crippen molar-refractivity contribution in [2.24, 2.45) is 0 Å². The van der Waals surface area contributed by atoms with Crippen molar-refractivity contribution in [2.75, 3.05) is 7.11 Å². The van der Waals surface area contributed by atoms with Crippen molar-refractivity contribution in [2.45, 2.75) is 13.3 Å². The minimum Gasteiger partial charge on any atom is -0.478 e. The fraction of sp³-hybridized carbons (Fsp3) is 0.231. The molecule has 0 aliphatic carbocycles. The molecule has 0 aromatic heterocycles. The topological polar surface area (TPSA) is 63.6 Å². The summed E-state index contributed by atoms with van der Waals surface area (Å²) in [6.45, 7) is 1.74.